The van der Waals surface area contributed by atoms with E-state index in [1.807, 2.05) is 12.1 Å². The summed E-state index contributed by atoms with van der Waals surface area (Å²) in [5, 5.41) is 17.9. The molecular formula is C16H17ClN2O. The molecule has 0 aromatic heterocycles. The van der Waals surface area contributed by atoms with Gasteiger partial charge >= 0.3 is 0 Å². The lowest BCUT2D eigenvalue weighted by Crippen LogP contribution is -1.82. The Morgan fingerprint density at radius 1 is 1.05 bits per heavy atom. The summed E-state index contributed by atoms with van der Waals surface area (Å²) in [7, 11) is 0. The molecule has 0 heterocycles. The van der Waals surface area contributed by atoms with E-state index in [9.17, 15) is 5.11 Å². The molecule has 0 atom stereocenters. The van der Waals surface area contributed by atoms with Crippen LogP contribution in [0.5, 0.6) is 5.75 Å². The SMILES string of the molecule is CCCCc1ccc(N=Nc2ccc(O)cc2Cl)cc1. The van der Waals surface area contributed by atoms with Gasteiger partial charge in [-0.25, -0.2) is 0 Å². The third kappa shape index (κ3) is 4.07. The molecule has 0 aliphatic rings. The van der Waals surface area contributed by atoms with Crippen molar-refractivity contribution in [2.45, 2.75) is 26.2 Å². The van der Waals surface area contributed by atoms with Crippen LogP contribution in [-0.4, -0.2) is 5.11 Å². The van der Waals surface area contributed by atoms with Crippen LogP contribution in [0.15, 0.2) is 52.7 Å². The molecule has 2 rings (SSSR count). The van der Waals surface area contributed by atoms with Crippen molar-refractivity contribution in [2.75, 3.05) is 0 Å². The van der Waals surface area contributed by atoms with Crippen LogP contribution in [0.2, 0.25) is 5.02 Å². The fraction of sp³-hybridized carbons (Fsp3) is 0.250. The average molecular weight is 289 g/mol. The van der Waals surface area contributed by atoms with Gasteiger partial charge in [-0.15, -0.1) is 5.11 Å². The lowest BCUT2D eigenvalue weighted by atomic mass is 10.1. The highest BCUT2D eigenvalue weighted by molar-refractivity contribution is 6.33. The number of benzene rings is 2. The normalized spacial score (nSPS) is 11.1. The largest absolute Gasteiger partial charge is 0.508 e. The highest BCUT2D eigenvalue weighted by atomic mass is 35.5. The third-order valence-electron chi connectivity index (χ3n) is 2.96. The Hall–Kier alpha value is -1.87. The molecule has 0 radical (unpaired) electrons. The Balaban J connectivity index is 2.07. The Labute approximate surface area is 123 Å². The zero-order valence-corrected chi connectivity index (χ0v) is 12.1. The van der Waals surface area contributed by atoms with Gasteiger partial charge in [-0.1, -0.05) is 37.1 Å². The Kier molecular flexibility index (Phi) is 5.13. The van der Waals surface area contributed by atoms with Crippen molar-refractivity contribution in [1.82, 2.24) is 0 Å². The van der Waals surface area contributed by atoms with Crippen molar-refractivity contribution >= 4 is 23.0 Å². The summed E-state index contributed by atoms with van der Waals surface area (Å²) in [5.41, 5.74) is 2.64. The van der Waals surface area contributed by atoms with Crippen LogP contribution >= 0.6 is 11.6 Å². The summed E-state index contributed by atoms with van der Waals surface area (Å²) in [6.45, 7) is 2.18. The van der Waals surface area contributed by atoms with E-state index in [1.54, 1.807) is 6.07 Å². The molecule has 0 amide bonds. The molecule has 0 aliphatic carbocycles. The van der Waals surface area contributed by atoms with E-state index < -0.39 is 0 Å². The molecule has 3 nitrogen and oxygen atoms in total. The minimum atomic E-state index is 0.120. The molecule has 104 valence electrons. The standard InChI is InChI=1S/C16H17ClN2O/c1-2-3-4-12-5-7-13(8-6-12)18-19-16-10-9-14(20)11-15(16)17/h5-11,20H,2-4H2,1H3. The third-order valence-corrected chi connectivity index (χ3v) is 3.26. The molecule has 1 N–H and O–H groups in total. The smallest absolute Gasteiger partial charge is 0.117 e. The van der Waals surface area contributed by atoms with Gasteiger partial charge in [0, 0.05) is 6.07 Å². The molecule has 20 heavy (non-hydrogen) atoms. The number of phenolic OH excluding ortho intramolecular Hbond substituents is 1. The monoisotopic (exact) mass is 288 g/mol. The first-order chi connectivity index (χ1) is 9.69. The molecule has 2 aromatic carbocycles. The number of hydrogen-bond acceptors (Lipinski definition) is 3. The van der Waals surface area contributed by atoms with Gasteiger partial charge < -0.3 is 5.11 Å². The average Bonchev–Trinajstić information content (AvgIpc) is 2.45. The molecule has 0 aliphatic heterocycles. The molecule has 0 spiro atoms. The van der Waals surface area contributed by atoms with Crippen molar-refractivity contribution in [2.24, 2.45) is 10.2 Å². The van der Waals surface area contributed by atoms with Crippen LogP contribution in [0, 0.1) is 0 Å². The number of rotatable bonds is 5. The first kappa shape index (κ1) is 14.5. The summed E-state index contributed by atoms with van der Waals surface area (Å²) < 4.78 is 0. The van der Waals surface area contributed by atoms with Gasteiger partial charge in [0.25, 0.3) is 0 Å². The second-order valence-electron chi connectivity index (χ2n) is 4.61. The van der Waals surface area contributed by atoms with E-state index in [1.165, 1.54) is 30.5 Å². The number of halogens is 1. The van der Waals surface area contributed by atoms with E-state index >= 15 is 0 Å². The van der Waals surface area contributed by atoms with E-state index in [-0.39, 0.29) is 5.75 Å². The van der Waals surface area contributed by atoms with Crippen LogP contribution in [0.4, 0.5) is 11.4 Å². The van der Waals surface area contributed by atoms with Crippen molar-refractivity contribution in [3.05, 3.63) is 53.1 Å². The van der Waals surface area contributed by atoms with Crippen LogP contribution in [-0.2, 0) is 6.42 Å². The van der Waals surface area contributed by atoms with E-state index in [4.69, 9.17) is 11.6 Å². The second kappa shape index (κ2) is 7.06. The molecule has 0 fully saturated rings. The second-order valence-corrected chi connectivity index (χ2v) is 5.01. The maximum Gasteiger partial charge on any atom is 0.117 e. The Morgan fingerprint density at radius 2 is 1.80 bits per heavy atom. The zero-order valence-electron chi connectivity index (χ0n) is 11.4. The molecule has 0 saturated heterocycles. The van der Waals surface area contributed by atoms with Gasteiger partial charge in [-0.3, -0.25) is 0 Å². The van der Waals surface area contributed by atoms with Gasteiger partial charge in [-0.05, 0) is 42.7 Å². The van der Waals surface area contributed by atoms with Crippen LogP contribution in [0.3, 0.4) is 0 Å². The Bertz CT molecular complexity index is 594. The molecular weight excluding hydrogens is 272 g/mol. The number of azo groups is 1. The van der Waals surface area contributed by atoms with Crippen LogP contribution < -0.4 is 0 Å². The van der Waals surface area contributed by atoms with Crippen LogP contribution in [0.25, 0.3) is 0 Å². The summed E-state index contributed by atoms with van der Waals surface area (Å²) in [6, 6.07) is 12.7. The van der Waals surface area contributed by atoms with Crippen molar-refractivity contribution < 1.29 is 5.11 Å². The first-order valence-corrected chi connectivity index (χ1v) is 7.06. The fourth-order valence-corrected chi connectivity index (χ4v) is 2.01. The fourth-order valence-electron chi connectivity index (χ4n) is 1.80. The number of phenols is 1. The summed E-state index contributed by atoms with van der Waals surface area (Å²) in [6.07, 6.45) is 3.49. The van der Waals surface area contributed by atoms with Crippen molar-refractivity contribution in [1.29, 1.82) is 0 Å². The van der Waals surface area contributed by atoms with Gasteiger partial charge in [-0.2, -0.15) is 5.11 Å². The quantitative estimate of drug-likeness (QED) is 0.694. The lowest BCUT2D eigenvalue weighted by Gasteiger charge is -2.00. The highest BCUT2D eigenvalue weighted by Crippen LogP contribution is 2.29. The maximum absolute atomic E-state index is 9.27. The summed E-state index contributed by atoms with van der Waals surface area (Å²) in [4.78, 5) is 0. The number of aromatic hydroxyl groups is 1. The minimum absolute atomic E-state index is 0.120. The van der Waals surface area contributed by atoms with Gasteiger partial charge in [0.2, 0.25) is 0 Å². The predicted molar refractivity (Wildman–Crippen MR) is 82.3 cm³/mol. The van der Waals surface area contributed by atoms with E-state index in [2.05, 4.69) is 29.3 Å². The maximum atomic E-state index is 9.27. The van der Waals surface area contributed by atoms with Crippen LogP contribution in [0.1, 0.15) is 25.3 Å². The summed E-state index contributed by atoms with van der Waals surface area (Å²) >= 11 is 5.96. The minimum Gasteiger partial charge on any atom is -0.508 e. The van der Waals surface area contributed by atoms with Gasteiger partial charge in [0.1, 0.15) is 11.4 Å². The number of unbranched alkanes of at least 4 members (excludes halogenated alkanes) is 1. The van der Waals surface area contributed by atoms with Gasteiger partial charge in [0.15, 0.2) is 0 Å². The summed E-state index contributed by atoms with van der Waals surface area (Å²) in [5.74, 6) is 0.120. The number of hydrogen-bond donors (Lipinski definition) is 1. The topological polar surface area (TPSA) is 45.0 Å². The van der Waals surface area contributed by atoms with E-state index in [0.717, 1.165) is 12.1 Å². The van der Waals surface area contributed by atoms with Crippen molar-refractivity contribution in [3.8, 4) is 5.75 Å². The van der Waals surface area contributed by atoms with E-state index in [0.29, 0.717) is 10.7 Å². The molecule has 2 aromatic rings. The molecule has 0 unspecified atom stereocenters. The highest BCUT2D eigenvalue weighted by Gasteiger charge is 2.00. The number of aryl methyl sites for hydroxylation is 1. The molecule has 4 heteroatoms. The zero-order chi connectivity index (χ0) is 14.4. The Morgan fingerprint density at radius 3 is 2.45 bits per heavy atom. The lowest BCUT2D eigenvalue weighted by molar-refractivity contribution is 0.475. The van der Waals surface area contributed by atoms with Crippen molar-refractivity contribution in [3.63, 3.8) is 0 Å². The first-order valence-electron chi connectivity index (χ1n) is 6.68. The predicted octanol–water partition coefficient (Wildman–Crippen LogP) is 5.80. The molecule has 0 bridgehead atoms. The van der Waals surface area contributed by atoms with Gasteiger partial charge in [0.05, 0.1) is 10.7 Å². The molecule has 0 saturated carbocycles. The number of nitrogens with zero attached hydrogens (tertiary/aromatic N) is 2.